The molecular formula is C12H21N3. The largest absolute Gasteiger partial charge is 0.307 e. The minimum Gasteiger partial charge on any atom is -0.307 e. The number of nitrogens with one attached hydrogen (secondary N) is 1. The van der Waals surface area contributed by atoms with Gasteiger partial charge in [0, 0.05) is 12.4 Å². The summed E-state index contributed by atoms with van der Waals surface area (Å²) >= 11 is 0. The second kappa shape index (κ2) is 6.51. The molecule has 0 aliphatic heterocycles. The van der Waals surface area contributed by atoms with Crippen molar-refractivity contribution in [3.05, 3.63) is 24.3 Å². The summed E-state index contributed by atoms with van der Waals surface area (Å²) in [6, 6.07) is 2.15. The average molecular weight is 207 g/mol. The first kappa shape index (κ1) is 12.1. The average Bonchev–Trinajstić information content (AvgIpc) is 2.30. The molecule has 0 fully saturated rings. The van der Waals surface area contributed by atoms with Crippen LogP contribution in [-0.2, 0) is 0 Å². The smallest absolute Gasteiger partial charge is 0.145 e. The highest BCUT2D eigenvalue weighted by molar-refractivity contribution is 4.97. The monoisotopic (exact) mass is 207 g/mol. The van der Waals surface area contributed by atoms with Crippen molar-refractivity contribution in [3.63, 3.8) is 0 Å². The molecule has 0 spiro atoms. The van der Waals surface area contributed by atoms with Crippen LogP contribution in [0.2, 0.25) is 0 Å². The van der Waals surface area contributed by atoms with E-state index < -0.39 is 0 Å². The van der Waals surface area contributed by atoms with E-state index in [9.17, 15) is 0 Å². The van der Waals surface area contributed by atoms with E-state index >= 15 is 0 Å². The molecular weight excluding hydrogens is 186 g/mol. The molecule has 0 bridgehead atoms. The Labute approximate surface area is 92.3 Å². The summed E-state index contributed by atoms with van der Waals surface area (Å²) in [6.07, 6.45) is 5.90. The van der Waals surface area contributed by atoms with Crippen LogP contribution >= 0.6 is 0 Å². The minimum absolute atomic E-state index is 0.288. The molecule has 1 aromatic rings. The molecule has 0 aliphatic carbocycles. The number of hydrogen-bond donors (Lipinski definition) is 1. The summed E-state index contributed by atoms with van der Waals surface area (Å²) < 4.78 is 0. The van der Waals surface area contributed by atoms with E-state index in [0.29, 0.717) is 5.92 Å². The van der Waals surface area contributed by atoms with Crippen LogP contribution < -0.4 is 5.32 Å². The van der Waals surface area contributed by atoms with E-state index in [2.05, 4.69) is 36.1 Å². The fourth-order valence-corrected chi connectivity index (χ4v) is 1.55. The lowest BCUT2D eigenvalue weighted by molar-refractivity contribution is 0.362. The van der Waals surface area contributed by atoms with Crippen molar-refractivity contribution >= 4 is 0 Å². The summed E-state index contributed by atoms with van der Waals surface area (Å²) in [4.78, 5) is 8.65. The van der Waals surface area contributed by atoms with Crippen molar-refractivity contribution in [1.29, 1.82) is 0 Å². The maximum atomic E-state index is 4.33. The molecule has 3 nitrogen and oxygen atoms in total. The second-order valence-corrected chi connectivity index (χ2v) is 3.92. The van der Waals surface area contributed by atoms with Crippen LogP contribution in [0.4, 0.5) is 0 Å². The molecule has 0 amide bonds. The van der Waals surface area contributed by atoms with Gasteiger partial charge in [-0.2, -0.15) is 0 Å². The maximum absolute atomic E-state index is 4.33. The van der Waals surface area contributed by atoms with Gasteiger partial charge in [0.25, 0.3) is 0 Å². The molecule has 2 unspecified atom stereocenters. The van der Waals surface area contributed by atoms with Crippen molar-refractivity contribution in [2.24, 2.45) is 5.92 Å². The first-order valence-electron chi connectivity index (χ1n) is 5.79. The molecule has 1 rings (SSSR count). The molecule has 0 radical (unpaired) electrons. The zero-order valence-corrected chi connectivity index (χ0v) is 9.90. The van der Waals surface area contributed by atoms with Gasteiger partial charge >= 0.3 is 0 Å². The van der Waals surface area contributed by atoms with Gasteiger partial charge in [0.15, 0.2) is 0 Å². The summed E-state index contributed by atoms with van der Waals surface area (Å²) in [5, 5.41) is 3.51. The van der Waals surface area contributed by atoms with Crippen molar-refractivity contribution in [2.75, 3.05) is 6.54 Å². The SMILES string of the molecule is CCCNC(c1ncccn1)C(C)CC. The van der Waals surface area contributed by atoms with Crippen LogP contribution in [0.25, 0.3) is 0 Å². The fourth-order valence-electron chi connectivity index (χ4n) is 1.55. The lowest BCUT2D eigenvalue weighted by atomic mass is 9.98. The Morgan fingerprint density at radius 3 is 2.47 bits per heavy atom. The standard InChI is InChI=1S/C12H21N3/c1-4-7-13-11(10(3)5-2)12-14-8-6-9-15-12/h6,8-11,13H,4-5,7H2,1-3H3. The molecule has 1 aromatic heterocycles. The van der Waals surface area contributed by atoms with E-state index in [1.165, 1.54) is 0 Å². The molecule has 1 N–H and O–H groups in total. The predicted octanol–water partition coefficient (Wildman–Crippen LogP) is 2.56. The molecule has 84 valence electrons. The first-order valence-corrected chi connectivity index (χ1v) is 5.79. The normalized spacial score (nSPS) is 14.9. The predicted molar refractivity (Wildman–Crippen MR) is 62.5 cm³/mol. The first-order chi connectivity index (χ1) is 7.29. The van der Waals surface area contributed by atoms with Crippen molar-refractivity contribution in [1.82, 2.24) is 15.3 Å². The number of hydrogen-bond acceptors (Lipinski definition) is 3. The summed E-state index contributed by atoms with van der Waals surface area (Å²) in [6.45, 7) is 7.64. The van der Waals surface area contributed by atoms with Gasteiger partial charge in [0.1, 0.15) is 5.82 Å². The van der Waals surface area contributed by atoms with E-state index in [0.717, 1.165) is 25.2 Å². The molecule has 3 heteroatoms. The Morgan fingerprint density at radius 2 is 1.93 bits per heavy atom. The van der Waals surface area contributed by atoms with Crippen LogP contribution in [0.5, 0.6) is 0 Å². The van der Waals surface area contributed by atoms with Crippen molar-refractivity contribution in [2.45, 2.75) is 39.7 Å². The Bertz CT molecular complexity index is 261. The maximum Gasteiger partial charge on any atom is 0.145 e. The third kappa shape index (κ3) is 3.59. The van der Waals surface area contributed by atoms with Gasteiger partial charge in [0.05, 0.1) is 6.04 Å². The Morgan fingerprint density at radius 1 is 1.27 bits per heavy atom. The van der Waals surface area contributed by atoms with Gasteiger partial charge in [-0.3, -0.25) is 0 Å². The lowest BCUT2D eigenvalue weighted by Gasteiger charge is -2.22. The molecule has 2 atom stereocenters. The highest BCUT2D eigenvalue weighted by atomic mass is 15.0. The van der Waals surface area contributed by atoms with Crippen LogP contribution in [0.3, 0.4) is 0 Å². The van der Waals surface area contributed by atoms with Gasteiger partial charge in [0.2, 0.25) is 0 Å². The van der Waals surface area contributed by atoms with Gasteiger partial charge in [-0.05, 0) is 24.9 Å². The van der Waals surface area contributed by atoms with Crippen molar-refractivity contribution in [3.8, 4) is 0 Å². The Hall–Kier alpha value is -0.960. The molecule has 0 aromatic carbocycles. The zero-order chi connectivity index (χ0) is 11.1. The summed E-state index contributed by atoms with van der Waals surface area (Å²) in [5.74, 6) is 1.49. The van der Waals surface area contributed by atoms with Crippen LogP contribution in [0.1, 0.15) is 45.5 Å². The topological polar surface area (TPSA) is 37.8 Å². The third-order valence-corrected chi connectivity index (χ3v) is 2.69. The number of nitrogens with zero attached hydrogens (tertiary/aromatic N) is 2. The third-order valence-electron chi connectivity index (χ3n) is 2.69. The van der Waals surface area contributed by atoms with E-state index in [1.54, 1.807) is 0 Å². The number of rotatable bonds is 6. The van der Waals surface area contributed by atoms with Gasteiger partial charge in [-0.25, -0.2) is 9.97 Å². The van der Waals surface area contributed by atoms with Crippen LogP contribution in [0, 0.1) is 5.92 Å². The number of aromatic nitrogens is 2. The molecule has 1 heterocycles. The van der Waals surface area contributed by atoms with Crippen LogP contribution in [0.15, 0.2) is 18.5 Å². The molecule has 0 aliphatic rings. The summed E-state index contributed by atoms with van der Waals surface area (Å²) in [7, 11) is 0. The van der Waals surface area contributed by atoms with Gasteiger partial charge in [-0.15, -0.1) is 0 Å². The van der Waals surface area contributed by atoms with E-state index in [1.807, 2.05) is 18.5 Å². The highest BCUT2D eigenvalue weighted by Gasteiger charge is 2.19. The van der Waals surface area contributed by atoms with E-state index in [4.69, 9.17) is 0 Å². The minimum atomic E-state index is 0.288. The molecule has 15 heavy (non-hydrogen) atoms. The summed E-state index contributed by atoms with van der Waals surface area (Å²) in [5.41, 5.74) is 0. The highest BCUT2D eigenvalue weighted by Crippen LogP contribution is 2.20. The Balaban J connectivity index is 2.72. The van der Waals surface area contributed by atoms with Crippen LogP contribution in [-0.4, -0.2) is 16.5 Å². The van der Waals surface area contributed by atoms with Crippen molar-refractivity contribution < 1.29 is 0 Å². The van der Waals surface area contributed by atoms with Gasteiger partial charge in [-0.1, -0.05) is 27.2 Å². The molecule has 0 saturated carbocycles. The fraction of sp³-hybridized carbons (Fsp3) is 0.667. The van der Waals surface area contributed by atoms with E-state index in [-0.39, 0.29) is 6.04 Å². The Kier molecular flexibility index (Phi) is 5.26. The second-order valence-electron chi connectivity index (χ2n) is 3.92. The zero-order valence-electron chi connectivity index (χ0n) is 9.90. The quantitative estimate of drug-likeness (QED) is 0.779. The lowest BCUT2D eigenvalue weighted by Crippen LogP contribution is -2.29. The van der Waals surface area contributed by atoms with Gasteiger partial charge < -0.3 is 5.32 Å². The molecule has 0 saturated heterocycles.